The minimum atomic E-state index is -4.56. The van der Waals surface area contributed by atoms with Gasteiger partial charge in [-0.3, -0.25) is 0 Å². The Morgan fingerprint density at radius 2 is 2.00 bits per heavy atom. The number of hydrogen-bond donors (Lipinski definition) is 1. The standard InChI is InChI=1S/C6H5F3N2O/c1-3-4(12)2-10-5(11-3)6(7,8)9/h2,12H,1H3. The van der Waals surface area contributed by atoms with Crippen LogP contribution in [0.4, 0.5) is 13.2 Å². The number of alkyl halides is 3. The summed E-state index contributed by atoms with van der Waals surface area (Å²) in [6, 6.07) is 0. The molecule has 1 rings (SSSR count). The molecule has 0 saturated carbocycles. The number of aromatic hydroxyl groups is 1. The van der Waals surface area contributed by atoms with Crippen LogP contribution in [-0.2, 0) is 6.18 Å². The van der Waals surface area contributed by atoms with E-state index in [0.29, 0.717) is 0 Å². The molecule has 0 saturated heterocycles. The lowest BCUT2D eigenvalue weighted by molar-refractivity contribution is -0.145. The first kappa shape index (κ1) is 8.76. The maximum atomic E-state index is 11.9. The lowest BCUT2D eigenvalue weighted by Gasteiger charge is -2.04. The summed E-state index contributed by atoms with van der Waals surface area (Å²) in [6.45, 7) is 1.27. The van der Waals surface area contributed by atoms with Crippen LogP contribution in [0.3, 0.4) is 0 Å². The van der Waals surface area contributed by atoms with Crippen LogP contribution in [-0.4, -0.2) is 15.1 Å². The largest absolute Gasteiger partial charge is 0.504 e. The summed E-state index contributed by atoms with van der Waals surface area (Å²) >= 11 is 0. The van der Waals surface area contributed by atoms with Crippen LogP contribution >= 0.6 is 0 Å². The van der Waals surface area contributed by atoms with Gasteiger partial charge < -0.3 is 5.11 Å². The van der Waals surface area contributed by atoms with Gasteiger partial charge in [-0.25, -0.2) is 9.97 Å². The van der Waals surface area contributed by atoms with E-state index in [-0.39, 0.29) is 11.4 Å². The van der Waals surface area contributed by atoms with Crippen LogP contribution in [0.5, 0.6) is 5.75 Å². The number of aryl methyl sites for hydroxylation is 1. The van der Waals surface area contributed by atoms with Crippen molar-refractivity contribution < 1.29 is 18.3 Å². The Bertz CT molecular complexity index is 297. The van der Waals surface area contributed by atoms with Crippen molar-refractivity contribution in [3.05, 3.63) is 17.7 Å². The van der Waals surface area contributed by atoms with Crippen LogP contribution in [0, 0.1) is 6.92 Å². The van der Waals surface area contributed by atoms with E-state index < -0.39 is 12.0 Å². The van der Waals surface area contributed by atoms with Gasteiger partial charge in [-0.05, 0) is 6.92 Å². The molecule has 0 amide bonds. The molecule has 0 bridgehead atoms. The Labute approximate surface area is 65.9 Å². The van der Waals surface area contributed by atoms with Crippen molar-refractivity contribution in [3.8, 4) is 5.75 Å². The Morgan fingerprint density at radius 3 is 2.42 bits per heavy atom. The predicted octanol–water partition coefficient (Wildman–Crippen LogP) is 1.51. The molecule has 66 valence electrons. The van der Waals surface area contributed by atoms with Gasteiger partial charge in [0.2, 0.25) is 5.82 Å². The zero-order chi connectivity index (χ0) is 9.35. The molecule has 1 heterocycles. The highest BCUT2D eigenvalue weighted by molar-refractivity contribution is 5.21. The fourth-order valence-corrected chi connectivity index (χ4v) is 0.597. The van der Waals surface area contributed by atoms with Crippen LogP contribution in [0.2, 0.25) is 0 Å². The van der Waals surface area contributed by atoms with Crippen molar-refractivity contribution in [1.82, 2.24) is 9.97 Å². The van der Waals surface area contributed by atoms with E-state index in [1.807, 2.05) is 0 Å². The summed E-state index contributed by atoms with van der Waals surface area (Å²) < 4.78 is 35.7. The van der Waals surface area contributed by atoms with Crippen LogP contribution in [0.25, 0.3) is 0 Å². The molecule has 1 aromatic heterocycles. The number of rotatable bonds is 0. The molecule has 0 aliphatic carbocycles. The molecule has 3 nitrogen and oxygen atoms in total. The monoisotopic (exact) mass is 178 g/mol. The Kier molecular flexibility index (Phi) is 1.91. The Hall–Kier alpha value is -1.33. The molecule has 0 aliphatic rings. The third kappa shape index (κ3) is 1.63. The summed E-state index contributed by atoms with van der Waals surface area (Å²) in [5.41, 5.74) is -0.0858. The number of hydrogen-bond acceptors (Lipinski definition) is 3. The number of halogens is 3. The topological polar surface area (TPSA) is 46.0 Å². The van der Waals surface area contributed by atoms with Crippen molar-refractivity contribution in [2.24, 2.45) is 0 Å². The predicted molar refractivity (Wildman–Crippen MR) is 33.4 cm³/mol. The SMILES string of the molecule is Cc1nc(C(F)(F)F)ncc1O. The quantitative estimate of drug-likeness (QED) is 0.654. The fraction of sp³-hybridized carbons (Fsp3) is 0.333. The molecule has 0 spiro atoms. The smallest absolute Gasteiger partial charge is 0.451 e. The molecule has 12 heavy (non-hydrogen) atoms. The van der Waals surface area contributed by atoms with E-state index in [9.17, 15) is 13.2 Å². The highest BCUT2D eigenvalue weighted by atomic mass is 19.4. The van der Waals surface area contributed by atoms with Gasteiger partial charge in [0.05, 0.1) is 11.9 Å². The van der Waals surface area contributed by atoms with Gasteiger partial charge >= 0.3 is 6.18 Å². The summed E-state index contributed by atoms with van der Waals surface area (Å²) in [6.07, 6.45) is -3.83. The van der Waals surface area contributed by atoms with E-state index in [1.54, 1.807) is 0 Å². The number of aromatic nitrogens is 2. The summed E-state index contributed by atoms with van der Waals surface area (Å²) in [4.78, 5) is 5.98. The summed E-state index contributed by atoms with van der Waals surface area (Å²) in [5.74, 6) is -1.58. The van der Waals surface area contributed by atoms with Gasteiger partial charge in [-0.1, -0.05) is 0 Å². The molecule has 0 radical (unpaired) electrons. The minimum absolute atomic E-state index is 0.0858. The van der Waals surface area contributed by atoms with Crippen LogP contribution < -0.4 is 0 Å². The zero-order valence-electron chi connectivity index (χ0n) is 6.05. The molecular formula is C6H5F3N2O. The molecule has 0 aliphatic heterocycles. The van der Waals surface area contributed by atoms with Crippen molar-refractivity contribution in [1.29, 1.82) is 0 Å². The van der Waals surface area contributed by atoms with Gasteiger partial charge in [0.15, 0.2) is 5.75 Å². The molecule has 0 atom stereocenters. The molecule has 1 N–H and O–H groups in total. The van der Waals surface area contributed by atoms with Gasteiger partial charge in [0.25, 0.3) is 0 Å². The normalized spacial score (nSPS) is 11.7. The van der Waals surface area contributed by atoms with E-state index in [2.05, 4.69) is 9.97 Å². The van der Waals surface area contributed by atoms with Crippen LogP contribution in [0.15, 0.2) is 6.20 Å². The maximum absolute atomic E-state index is 11.9. The first-order chi connectivity index (χ1) is 5.41. The lowest BCUT2D eigenvalue weighted by Crippen LogP contribution is -2.11. The number of nitrogens with zero attached hydrogens (tertiary/aromatic N) is 2. The minimum Gasteiger partial charge on any atom is -0.504 e. The maximum Gasteiger partial charge on any atom is 0.451 e. The molecule has 0 fully saturated rings. The Morgan fingerprint density at radius 1 is 1.42 bits per heavy atom. The average molecular weight is 178 g/mol. The highest BCUT2D eigenvalue weighted by Crippen LogP contribution is 2.27. The van der Waals surface area contributed by atoms with Crippen molar-refractivity contribution in [2.45, 2.75) is 13.1 Å². The summed E-state index contributed by atoms with van der Waals surface area (Å²) in [5, 5.41) is 8.82. The van der Waals surface area contributed by atoms with E-state index in [4.69, 9.17) is 5.11 Å². The molecular weight excluding hydrogens is 173 g/mol. The molecule has 6 heteroatoms. The van der Waals surface area contributed by atoms with Gasteiger partial charge in [-0.2, -0.15) is 13.2 Å². The second kappa shape index (κ2) is 2.62. The first-order valence-corrected chi connectivity index (χ1v) is 3.01. The van der Waals surface area contributed by atoms with Crippen molar-refractivity contribution in [3.63, 3.8) is 0 Å². The molecule has 1 aromatic rings. The second-order valence-electron chi connectivity index (χ2n) is 2.16. The fourth-order valence-electron chi connectivity index (χ4n) is 0.597. The third-order valence-electron chi connectivity index (χ3n) is 1.21. The van der Waals surface area contributed by atoms with Gasteiger partial charge in [-0.15, -0.1) is 0 Å². The van der Waals surface area contributed by atoms with Gasteiger partial charge in [0.1, 0.15) is 0 Å². The average Bonchev–Trinajstić information content (AvgIpc) is 1.92. The zero-order valence-corrected chi connectivity index (χ0v) is 6.05. The first-order valence-electron chi connectivity index (χ1n) is 3.01. The van der Waals surface area contributed by atoms with Crippen molar-refractivity contribution >= 4 is 0 Å². The highest BCUT2D eigenvalue weighted by Gasteiger charge is 2.34. The lowest BCUT2D eigenvalue weighted by atomic mass is 10.4. The molecule has 0 unspecified atom stereocenters. The van der Waals surface area contributed by atoms with E-state index in [1.165, 1.54) is 6.92 Å². The van der Waals surface area contributed by atoms with E-state index >= 15 is 0 Å². The third-order valence-corrected chi connectivity index (χ3v) is 1.21. The second-order valence-corrected chi connectivity index (χ2v) is 2.16. The Balaban J connectivity index is 3.14. The van der Waals surface area contributed by atoms with E-state index in [0.717, 1.165) is 6.20 Å². The van der Waals surface area contributed by atoms with Gasteiger partial charge in [0, 0.05) is 0 Å². The molecule has 0 aromatic carbocycles. The summed E-state index contributed by atoms with van der Waals surface area (Å²) in [7, 11) is 0. The van der Waals surface area contributed by atoms with Crippen molar-refractivity contribution in [2.75, 3.05) is 0 Å². The van der Waals surface area contributed by atoms with Crippen LogP contribution in [0.1, 0.15) is 11.5 Å².